The Hall–Kier alpha value is -2.54. The van der Waals surface area contributed by atoms with E-state index in [9.17, 15) is 14.0 Å². The number of amides is 2. The van der Waals surface area contributed by atoms with E-state index in [0.29, 0.717) is 44.6 Å². The van der Waals surface area contributed by atoms with Gasteiger partial charge in [-0.2, -0.15) is 0 Å². The van der Waals surface area contributed by atoms with Gasteiger partial charge in [-0.05, 0) is 25.0 Å². The Morgan fingerprint density at radius 1 is 1.26 bits per heavy atom. The molecule has 1 unspecified atom stereocenters. The molecule has 7 heteroatoms. The average molecular weight is 371 g/mol. The maximum absolute atomic E-state index is 14.0. The predicted octanol–water partition coefficient (Wildman–Crippen LogP) is 2.08. The molecule has 142 valence electrons. The summed E-state index contributed by atoms with van der Waals surface area (Å²) in [6.45, 7) is 2.70. The maximum atomic E-state index is 14.0. The standard InChI is InChI=1S/C20H22FN3O3/c1-27-12-11-23-9-7-20(19(23)26)8-10-24(13-20)18(25)16-6-5-14-3-2-4-15(21)17(14)22-16/h2-6H,7-13H2,1H3. The van der Waals surface area contributed by atoms with Crippen LogP contribution >= 0.6 is 0 Å². The first kappa shape index (κ1) is 17.9. The lowest BCUT2D eigenvalue weighted by molar-refractivity contribution is -0.135. The summed E-state index contributed by atoms with van der Waals surface area (Å²) in [5, 5.41) is 0.657. The molecule has 0 saturated carbocycles. The van der Waals surface area contributed by atoms with Crippen molar-refractivity contribution < 1.29 is 18.7 Å². The van der Waals surface area contributed by atoms with Crippen LogP contribution in [0.5, 0.6) is 0 Å². The highest BCUT2D eigenvalue weighted by Crippen LogP contribution is 2.41. The van der Waals surface area contributed by atoms with E-state index in [4.69, 9.17) is 4.74 Å². The number of hydrogen-bond donors (Lipinski definition) is 0. The van der Waals surface area contributed by atoms with Crippen LogP contribution in [0.15, 0.2) is 30.3 Å². The number of halogens is 1. The van der Waals surface area contributed by atoms with Crippen LogP contribution in [0.4, 0.5) is 4.39 Å². The van der Waals surface area contributed by atoms with Gasteiger partial charge in [-0.25, -0.2) is 9.37 Å². The summed E-state index contributed by atoms with van der Waals surface area (Å²) in [5.41, 5.74) is -0.0860. The van der Waals surface area contributed by atoms with Crippen LogP contribution in [0.1, 0.15) is 23.3 Å². The number of carbonyl (C=O) groups excluding carboxylic acids is 2. The number of carbonyl (C=O) groups is 2. The van der Waals surface area contributed by atoms with Crippen LogP contribution in [0.2, 0.25) is 0 Å². The largest absolute Gasteiger partial charge is 0.383 e. The normalized spacial score (nSPS) is 22.4. The molecule has 2 aliphatic rings. The van der Waals surface area contributed by atoms with Crippen molar-refractivity contribution in [1.29, 1.82) is 0 Å². The first-order chi connectivity index (χ1) is 13.0. The molecule has 27 heavy (non-hydrogen) atoms. The summed E-state index contributed by atoms with van der Waals surface area (Å²) in [7, 11) is 1.62. The molecule has 0 aliphatic carbocycles. The quantitative estimate of drug-likeness (QED) is 0.826. The van der Waals surface area contributed by atoms with Crippen molar-refractivity contribution in [3.63, 3.8) is 0 Å². The molecule has 0 bridgehead atoms. The molecular weight excluding hydrogens is 349 g/mol. The van der Waals surface area contributed by atoms with Crippen molar-refractivity contribution in [3.8, 4) is 0 Å². The lowest BCUT2D eigenvalue weighted by atomic mass is 9.85. The van der Waals surface area contributed by atoms with Crippen LogP contribution in [-0.2, 0) is 9.53 Å². The van der Waals surface area contributed by atoms with Crippen molar-refractivity contribution in [1.82, 2.24) is 14.8 Å². The minimum atomic E-state index is -0.495. The van der Waals surface area contributed by atoms with Gasteiger partial charge in [0.05, 0.1) is 12.0 Å². The van der Waals surface area contributed by atoms with E-state index >= 15 is 0 Å². The minimum absolute atomic E-state index is 0.104. The molecule has 0 radical (unpaired) electrons. The maximum Gasteiger partial charge on any atom is 0.272 e. The lowest BCUT2D eigenvalue weighted by Crippen LogP contribution is -2.39. The van der Waals surface area contributed by atoms with Crippen molar-refractivity contribution in [2.75, 3.05) is 39.9 Å². The van der Waals surface area contributed by atoms with Crippen LogP contribution in [0.3, 0.4) is 0 Å². The predicted molar refractivity (Wildman–Crippen MR) is 97.7 cm³/mol. The molecule has 1 aromatic carbocycles. The van der Waals surface area contributed by atoms with E-state index in [1.54, 1.807) is 36.3 Å². The van der Waals surface area contributed by atoms with Gasteiger partial charge in [-0.15, -0.1) is 0 Å². The van der Waals surface area contributed by atoms with Gasteiger partial charge in [0.2, 0.25) is 5.91 Å². The third-order valence-electron chi connectivity index (χ3n) is 5.70. The molecular formula is C20H22FN3O3. The Morgan fingerprint density at radius 3 is 2.89 bits per heavy atom. The summed E-state index contributed by atoms with van der Waals surface area (Å²) < 4.78 is 19.1. The number of likely N-dealkylation sites (tertiary alicyclic amines) is 2. The Morgan fingerprint density at radius 2 is 2.07 bits per heavy atom. The van der Waals surface area contributed by atoms with Crippen LogP contribution in [0.25, 0.3) is 10.9 Å². The molecule has 3 heterocycles. The molecule has 0 N–H and O–H groups in total. The van der Waals surface area contributed by atoms with Gasteiger partial charge in [0.25, 0.3) is 5.91 Å². The van der Waals surface area contributed by atoms with Gasteiger partial charge in [0.15, 0.2) is 0 Å². The fourth-order valence-corrected chi connectivity index (χ4v) is 4.12. The fourth-order valence-electron chi connectivity index (χ4n) is 4.12. The van der Waals surface area contributed by atoms with E-state index < -0.39 is 11.2 Å². The molecule has 1 aromatic heterocycles. The van der Waals surface area contributed by atoms with Crippen molar-refractivity contribution >= 4 is 22.7 Å². The number of aromatic nitrogens is 1. The Kier molecular flexibility index (Phi) is 4.55. The van der Waals surface area contributed by atoms with E-state index in [2.05, 4.69) is 4.98 Å². The number of fused-ring (bicyclic) bond motifs is 1. The average Bonchev–Trinajstić information content (AvgIpc) is 3.25. The van der Waals surface area contributed by atoms with Gasteiger partial charge in [-0.3, -0.25) is 9.59 Å². The number of nitrogens with zero attached hydrogens (tertiary/aromatic N) is 3. The van der Waals surface area contributed by atoms with Crippen LogP contribution in [-0.4, -0.2) is 66.5 Å². The molecule has 1 spiro atoms. The second-order valence-electron chi connectivity index (χ2n) is 7.30. The number of para-hydroxylation sites is 1. The highest BCUT2D eigenvalue weighted by atomic mass is 19.1. The van der Waals surface area contributed by atoms with E-state index in [0.717, 1.165) is 6.42 Å². The van der Waals surface area contributed by atoms with Crippen molar-refractivity contribution in [2.24, 2.45) is 5.41 Å². The molecule has 6 nitrogen and oxygen atoms in total. The van der Waals surface area contributed by atoms with Crippen LogP contribution in [0, 0.1) is 11.2 Å². The van der Waals surface area contributed by atoms with Crippen molar-refractivity contribution in [2.45, 2.75) is 12.8 Å². The third kappa shape index (κ3) is 3.06. The molecule has 2 aromatic rings. The molecule has 2 saturated heterocycles. The smallest absolute Gasteiger partial charge is 0.272 e. The van der Waals surface area contributed by atoms with E-state index in [1.165, 1.54) is 6.07 Å². The number of hydrogen-bond acceptors (Lipinski definition) is 4. The zero-order valence-electron chi connectivity index (χ0n) is 15.3. The first-order valence-corrected chi connectivity index (χ1v) is 9.17. The monoisotopic (exact) mass is 371 g/mol. The lowest BCUT2D eigenvalue weighted by Gasteiger charge is -2.23. The second-order valence-corrected chi connectivity index (χ2v) is 7.30. The van der Waals surface area contributed by atoms with Gasteiger partial charge in [-0.1, -0.05) is 18.2 Å². The Balaban J connectivity index is 1.52. The molecule has 4 rings (SSSR count). The number of methoxy groups -OCH3 is 1. The summed E-state index contributed by atoms with van der Waals surface area (Å²) in [6.07, 6.45) is 1.40. The summed E-state index contributed by atoms with van der Waals surface area (Å²) in [4.78, 5) is 33.4. The zero-order chi connectivity index (χ0) is 19.0. The van der Waals surface area contributed by atoms with Gasteiger partial charge in [0.1, 0.15) is 17.0 Å². The van der Waals surface area contributed by atoms with E-state index in [1.807, 2.05) is 4.90 Å². The van der Waals surface area contributed by atoms with Gasteiger partial charge >= 0.3 is 0 Å². The van der Waals surface area contributed by atoms with Crippen LogP contribution < -0.4 is 0 Å². The molecule has 1 atom stereocenters. The number of rotatable bonds is 4. The SMILES string of the molecule is COCCN1CCC2(CCN(C(=O)c3ccc4cccc(F)c4n3)C2)C1=O. The molecule has 2 amide bonds. The third-order valence-corrected chi connectivity index (χ3v) is 5.70. The zero-order valence-corrected chi connectivity index (χ0v) is 15.3. The highest BCUT2D eigenvalue weighted by molar-refractivity contribution is 5.96. The van der Waals surface area contributed by atoms with Crippen molar-refractivity contribution in [3.05, 3.63) is 41.8 Å². The van der Waals surface area contributed by atoms with E-state index in [-0.39, 0.29) is 23.0 Å². The molecule has 2 aliphatic heterocycles. The Bertz CT molecular complexity index is 903. The fraction of sp³-hybridized carbons (Fsp3) is 0.450. The van der Waals surface area contributed by atoms with Gasteiger partial charge in [0, 0.05) is 38.7 Å². The Labute approximate surface area is 156 Å². The number of ether oxygens (including phenoxy) is 1. The molecule has 2 fully saturated rings. The topological polar surface area (TPSA) is 62.7 Å². The second kappa shape index (κ2) is 6.88. The number of pyridine rings is 1. The summed E-state index contributed by atoms with van der Waals surface area (Å²) in [5.74, 6) is -0.590. The first-order valence-electron chi connectivity index (χ1n) is 9.17. The summed E-state index contributed by atoms with van der Waals surface area (Å²) in [6, 6.07) is 8.04. The van der Waals surface area contributed by atoms with Gasteiger partial charge < -0.3 is 14.5 Å². The number of benzene rings is 1. The highest BCUT2D eigenvalue weighted by Gasteiger charge is 2.51. The minimum Gasteiger partial charge on any atom is -0.383 e. The summed E-state index contributed by atoms with van der Waals surface area (Å²) >= 11 is 0.